The molecule has 0 aromatic heterocycles. The molecule has 3 aliphatic rings. The van der Waals surface area contributed by atoms with Gasteiger partial charge in [0.25, 0.3) is 0 Å². The minimum absolute atomic E-state index is 0.0445. The third-order valence-electron chi connectivity index (χ3n) is 12.7. The molecule has 0 N–H and O–H groups in total. The van der Waals surface area contributed by atoms with E-state index < -0.39 is 0 Å². The third-order valence-corrected chi connectivity index (χ3v) is 12.7. The lowest BCUT2D eigenvalue weighted by Gasteiger charge is -2.32. The number of ether oxygens (including phenoxy) is 2. The average molecular weight is 789 g/mol. The van der Waals surface area contributed by atoms with Crippen LogP contribution in [0.25, 0.3) is 35.4 Å². The molecular weight excluding hydrogens is 745 g/mol. The lowest BCUT2D eigenvalue weighted by Crippen LogP contribution is -2.23. The molecule has 0 saturated heterocycles. The first-order chi connectivity index (χ1) is 30.1. The minimum Gasteiger partial charge on any atom is -0.453 e. The van der Waals surface area contributed by atoms with E-state index >= 15 is 0 Å². The van der Waals surface area contributed by atoms with Gasteiger partial charge in [0.2, 0.25) is 0 Å². The van der Waals surface area contributed by atoms with E-state index in [1.54, 1.807) is 0 Å². The molecule has 0 atom stereocenters. The van der Waals surface area contributed by atoms with E-state index in [2.05, 4.69) is 181 Å². The first-order valence-corrected chi connectivity index (χ1v) is 21.3. The van der Waals surface area contributed by atoms with Gasteiger partial charge in [0.1, 0.15) is 0 Å². The van der Waals surface area contributed by atoms with Crippen LogP contribution in [0, 0.1) is 0 Å². The number of benzene rings is 8. The fourth-order valence-corrected chi connectivity index (χ4v) is 9.57. The van der Waals surface area contributed by atoms with Crippen LogP contribution in [-0.4, -0.2) is 0 Å². The highest BCUT2D eigenvalue weighted by molar-refractivity contribution is 5.89. The van der Waals surface area contributed by atoms with E-state index in [1.807, 2.05) is 48.5 Å². The second-order valence-electron chi connectivity index (χ2n) is 16.0. The monoisotopic (exact) mass is 788 g/mol. The second kappa shape index (κ2) is 14.9. The number of fused-ring (bicyclic) bond motifs is 7. The Balaban J connectivity index is 0.834. The van der Waals surface area contributed by atoms with Crippen molar-refractivity contribution in [1.29, 1.82) is 0 Å². The molecule has 0 unspecified atom stereocenters. The van der Waals surface area contributed by atoms with Crippen molar-refractivity contribution in [3.63, 3.8) is 0 Å². The maximum Gasteiger partial charge on any atom is 0.151 e. The smallest absolute Gasteiger partial charge is 0.151 e. The van der Waals surface area contributed by atoms with Crippen LogP contribution in [0.5, 0.6) is 23.0 Å². The number of nitrogens with zero attached hydrogens (tertiary/aromatic N) is 2. The molecule has 8 aromatic carbocycles. The molecule has 0 amide bonds. The van der Waals surface area contributed by atoms with Crippen molar-refractivity contribution < 1.29 is 9.47 Å². The van der Waals surface area contributed by atoms with Gasteiger partial charge in [0, 0.05) is 16.8 Å². The van der Waals surface area contributed by atoms with Gasteiger partial charge in [-0.1, -0.05) is 147 Å². The van der Waals surface area contributed by atoms with Gasteiger partial charge in [-0.3, -0.25) is 0 Å². The van der Waals surface area contributed by atoms with Crippen LogP contribution in [0.4, 0.5) is 34.1 Å². The summed E-state index contributed by atoms with van der Waals surface area (Å²) >= 11 is 0. The van der Waals surface area contributed by atoms with Crippen molar-refractivity contribution >= 4 is 58.4 Å². The molecular formula is C57H44N2O2. The molecule has 0 saturated carbocycles. The largest absolute Gasteiger partial charge is 0.453 e. The number of anilines is 6. The van der Waals surface area contributed by atoms with Crippen molar-refractivity contribution in [2.45, 2.75) is 32.1 Å². The summed E-state index contributed by atoms with van der Waals surface area (Å²) in [6.07, 6.45) is 11.0. The summed E-state index contributed by atoms with van der Waals surface area (Å²) in [7, 11) is 0. The van der Waals surface area contributed by atoms with Crippen LogP contribution < -0.4 is 19.3 Å². The lowest BCUT2D eigenvalue weighted by molar-refractivity contribution is 0.477. The molecule has 0 bridgehead atoms. The van der Waals surface area contributed by atoms with Crippen LogP contribution in [0.3, 0.4) is 0 Å². The van der Waals surface area contributed by atoms with E-state index in [1.165, 1.54) is 33.4 Å². The number of rotatable bonds is 8. The van der Waals surface area contributed by atoms with Gasteiger partial charge in [-0.05, 0) is 130 Å². The molecule has 4 nitrogen and oxygen atoms in total. The van der Waals surface area contributed by atoms with Gasteiger partial charge in [0.15, 0.2) is 23.0 Å². The summed E-state index contributed by atoms with van der Waals surface area (Å²) in [4.78, 5) is 4.55. The van der Waals surface area contributed by atoms with Gasteiger partial charge in [-0.15, -0.1) is 0 Å². The second-order valence-corrected chi connectivity index (χ2v) is 16.0. The van der Waals surface area contributed by atoms with E-state index in [0.29, 0.717) is 0 Å². The fraction of sp³-hybridized carbons (Fsp3) is 0.0877. The Bertz CT molecular complexity index is 2720. The molecule has 1 aliphatic carbocycles. The minimum atomic E-state index is -0.0445. The Labute approximate surface area is 357 Å². The van der Waals surface area contributed by atoms with Gasteiger partial charge >= 0.3 is 0 Å². The Morgan fingerprint density at radius 3 is 1.03 bits per heavy atom. The highest BCUT2D eigenvalue weighted by Crippen LogP contribution is 2.54. The van der Waals surface area contributed by atoms with Crippen LogP contribution in [0.1, 0.15) is 60.1 Å². The van der Waals surface area contributed by atoms with Gasteiger partial charge < -0.3 is 19.3 Å². The van der Waals surface area contributed by atoms with Crippen LogP contribution in [0.2, 0.25) is 0 Å². The van der Waals surface area contributed by atoms with Gasteiger partial charge in [0.05, 0.1) is 22.7 Å². The van der Waals surface area contributed by atoms with Crippen molar-refractivity contribution in [3.05, 3.63) is 215 Å². The molecule has 0 spiro atoms. The molecule has 0 fully saturated rings. The van der Waals surface area contributed by atoms with Crippen molar-refractivity contribution in [2.75, 3.05) is 9.80 Å². The standard InChI is InChI=1S/C57H44N2O2/c1-3-57(4-2)47-37-41(23-21-39-25-31-43(32-26-39)58-49-13-5-9-17-53(49)60-54-18-10-6-14-50(54)58)29-35-45(47)46-36-30-42(38-48(46)57)24-22-40-27-33-44(34-28-40)59-51-15-7-11-19-55(51)61-56-20-12-8-16-52(56)59/h5-38H,3-4H2,1-2H3/b23-21+,24-22+. The molecule has 8 aromatic rings. The summed E-state index contributed by atoms with van der Waals surface area (Å²) in [5.74, 6) is 3.43. The summed E-state index contributed by atoms with van der Waals surface area (Å²) in [6.45, 7) is 4.68. The number of para-hydroxylation sites is 8. The van der Waals surface area contributed by atoms with Crippen LogP contribution in [0.15, 0.2) is 182 Å². The van der Waals surface area contributed by atoms with E-state index in [-0.39, 0.29) is 5.41 Å². The highest BCUT2D eigenvalue weighted by atomic mass is 16.5. The summed E-state index contributed by atoms with van der Waals surface area (Å²) in [5, 5.41) is 0. The zero-order valence-electron chi connectivity index (χ0n) is 34.3. The summed E-state index contributed by atoms with van der Waals surface area (Å²) < 4.78 is 12.5. The lowest BCUT2D eigenvalue weighted by atomic mass is 9.73. The number of hydrogen-bond acceptors (Lipinski definition) is 4. The Kier molecular flexibility index (Phi) is 8.93. The predicted octanol–water partition coefficient (Wildman–Crippen LogP) is 16.3. The highest BCUT2D eigenvalue weighted by Gasteiger charge is 2.40. The summed E-state index contributed by atoms with van der Waals surface area (Å²) in [5.41, 5.74) is 16.6. The van der Waals surface area contributed by atoms with Crippen molar-refractivity contribution in [1.82, 2.24) is 0 Å². The van der Waals surface area contributed by atoms with Gasteiger partial charge in [-0.25, -0.2) is 0 Å². The summed E-state index contributed by atoms with van der Waals surface area (Å²) in [6, 6.07) is 64.5. The van der Waals surface area contributed by atoms with Crippen molar-refractivity contribution in [2.24, 2.45) is 0 Å². The van der Waals surface area contributed by atoms with E-state index in [4.69, 9.17) is 9.47 Å². The maximum atomic E-state index is 6.23. The SMILES string of the molecule is CCC1(CC)c2cc(/C=C/c3ccc(N4c5ccccc5Oc5ccccc54)cc3)ccc2-c2ccc(/C=C/c3ccc(N4c5ccccc5Oc5ccccc54)cc3)cc21. The normalized spacial score (nSPS) is 14.1. The Morgan fingerprint density at radius 1 is 0.377 bits per heavy atom. The van der Waals surface area contributed by atoms with Crippen molar-refractivity contribution in [3.8, 4) is 34.1 Å². The Morgan fingerprint density at radius 2 is 0.689 bits per heavy atom. The predicted molar refractivity (Wildman–Crippen MR) is 253 cm³/mol. The maximum absolute atomic E-state index is 6.23. The average Bonchev–Trinajstić information content (AvgIpc) is 3.59. The molecule has 2 heterocycles. The first-order valence-electron chi connectivity index (χ1n) is 21.3. The Hall–Kier alpha value is -7.56. The van der Waals surface area contributed by atoms with Crippen LogP contribution in [-0.2, 0) is 5.41 Å². The molecule has 61 heavy (non-hydrogen) atoms. The molecule has 11 rings (SSSR count). The fourth-order valence-electron chi connectivity index (χ4n) is 9.57. The molecule has 4 heteroatoms. The molecule has 2 aliphatic heterocycles. The van der Waals surface area contributed by atoms with E-state index in [9.17, 15) is 0 Å². The molecule has 0 radical (unpaired) electrons. The topological polar surface area (TPSA) is 24.9 Å². The van der Waals surface area contributed by atoms with Crippen LogP contribution >= 0.6 is 0 Å². The quantitative estimate of drug-likeness (QED) is 0.143. The van der Waals surface area contributed by atoms with Gasteiger partial charge in [-0.2, -0.15) is 0 Å². The molecule has 294 valence electrons. The number of hydrogen-bond donors (Lipinski definition) is 0. The zero-order valence-corrected chi connectivity index (χ0v) is 34.3. The zero-order chi connectivity index (χ0) is 40.9. The third kappa shape index (κ3) is 6.22. The first kappa shape index (κ1) is 36.5. The van der Waals surface area contributed by atoms with E-state index in [0.717, 1.165) is 81.1 Å².